The maximum absolute atomic E-state index is 12.9. The highest BCUT2D eigenvalue weighted by atomic mass is 32.1. The van der Waals surface area contributed by atoms with Gasteiger partial charge >= 0.3 is 0 Å². The minimum Gasteiger partial charge on any atom is -0.355 e. The van der Waals surface area contributed by atoms with Gasteiger partial charge in [0.1, 0.15) is 17.4 Å². The standard InChI is InChI=1S/C18H24N4O3S/c1-4-19-16(24)11(3)21-14(23)8-22-9-20-17-15(18(22)25)12-6-5-10(2)7-13(12)26-17/h9-11H,4-8H2,1-3H3,(H,19,24)(H,21,23)/t10-,11-/m1/s1. The number of aromatic nitrogens is 2. The number of nitrogens with one attached hydrogen (secondary N) is 2. The van der Waals surface area contributed by atoms with Gasteiger partial charge in [-0.15, -0.1) is 11.3 Å². The molecule has 0 radical (unpaired) electrons. The fourth-order valence-electron chi connectivity index (χ4n) is 3.31. The molecule has 3 rings (SSSR count). The zero-order valence-electron chi connectivity index (χ0n) is 15.3. The summed E-state index contributed by atoms with van der Waals surface area (Å²) in [6.07, 6.45) is 4.36. The molecule has 140 valence electrons. The van der Waals surface area contributed by atoms with Crippen molar-refractivity contribution in [2.24, 2.45) is 5.92 Å². The molecule has 8 heteroatoms. The Balaban J connectivity index is 1.81. The third-order valence-corrected chi connectivity index (χ3v) is 5.88. The van der Waals surface area contributed by atoms with Crippen LogP contribution in [0, 0.1) is 5.92 Å². The summed E-state index contributed by atoms with van der Waals surface area (Å²) in [7, 11) is 0. The van der Waals surface area contributed by atoms with Crippen LogP contribution in [0.25, 0.3) is 10.2 Å². The Kier molecular flexibility index (Phi) is 5.41. The van der Waals surface area contributed by atoms with Gasteiger partial charge in [0.05, 0.1) is 11.7 Å². The first-order valence-electron chi connectivity index (χ1n) is 8.97. The summed E-state index contributed by atoms with van der Waals surface area (Å²) in [6.45, 7) is 6.01. The molecule has 0 spiro atoms. The monoisotopic (exact) mass is 376 g/mol. The maximum Gasteiger partial charge on any atom is 0.262 e. The minimum atomic E-state index is -0.648. The molecule has 0 saturated carbocycles. The van der Waals surface area contributed by atoms with Crippen LogP contribution in [0.15, 0.2) is 11.1 Å². The predicted molar refractivity (Wildman–Crippen MR) is 101 cm³/mol. The van der Waals surface area contributed by atoms with Gasteiger partial charge in [0.25, 0.3) is 5.56 Å². The SMILES string of the molecule is CCNC(=O)[C@@H](C)NC(=O)Cn1cnc2sc3c(c2c1=O)CC[C@@H](C)C3. The van der Waals surface area contributed by atoms with Gasteiger partial charge in [-0.2, -0.15) is 0 Å². The van der Waals surface area contributed by atoms with Crippen LogP contribution < -0.4 is 16.2 Å². The van der Waals surface area contributed by atoms with Gasteiger partial charge in [0, 0.05) is 11.4 Å². The van der Waals surface area contributed by atoms with Gasteiger partial charge in [0.2, 0.25) is 11.8 Å². The van der Waals surface area contributed by atoms with Crippen LogP contribution in [-0.4, -0.2) is 34.0 Å². The lowest BCUT2D eigenvalue weighted by molar-refractivity contribution is -0.128. The van der Waals surface area contributed by atoms with Crippen molar-refractivity contribution >= 4 is 33.4 Å². The van der Waals surface area contributed by atoms with Gasteiger partial charge in [-0.05, 0) is 44.6 Å². The van der Waals surface area contributed by atoms with E-state index in [4.69, 9.17) is 0 Å². The number of nitrogens with zero attached hydrogens (tertiary/aromatic N) is 2. The van der Waals surface area contributed by atoms with Gasteiger partial charge in [0.15, 0.2) is 0 Å². The van der Waals surface area contributed by atoms with Crippen molar-refractivity contribution in [3.63, 3.8) is 0 Å². The highest BCUT2D eigenvalue weighted by Gasteiger charge is 2.23. The number of amides is 2. The number of fused-ring (bicyclic) bond motifs is 3. The predicted octanol–water partition coefficient (Wildman–Crippen LogP) is 1.22. The number of aryl methyl sites for hydroxylation is 1. The first-order valence-corrected chi connectivity index (χ1v) is 9.79. The molecule has 2 heterocycles. The lowest BCUT2D eigenvalue weighted by Gasteiger charge is -2.17. The van der Waals surface area contributed by atoms with Crippen molar-refractivity contribution in [1.29, 1.82) is 0 Å². The highest BCUT2D eigenvalue weighted by Crippen LogP contribution is 2.35. The van der Waals surface area contributed by atoms with Crippen LogP contribution in [0.3, 0.4) is 0 Å². The molecule has 2 atom stereocenters. The molecule has 26 heavy (non-hydrogen) atoms. The lowest BCUT2D eigenvalue weighted by atomic mass is 9.89. The molecule has 0 aliphatic heterocycles. The molecule has 0 saturated heterocycles. The Morgan fingerprint density at radius 2 is 2.23 bits per heavy atom. The van der Waals surface area contributed by atoms with E-state index in [1.165, 1.54) is 15.8 Å². The van der Waals surface area contributed by atoms with E-state index in [9.17, 15) is 14.4 Å². The van der Waals surface area contributed by atoms with Crippen LogP contribution in [0.2, 0.25) is 0 Å². The summed E-state index contributed by atoms with van der Waals surface area (Å²) in [6, 6.07) is -0.648. The first-order chi connectivity index (χ1) is 12.4. The van der Waals surface area contributed by atoms with E-state index < -0.39 is 6.04 Å². The van der Waals surface area contributed by atoms with Gasteiger partial charge in [-0.3, -0.25) is 19.0 Å². The van der Waals surface area contributed by atoms with Crippen molar-refractivity contribution in [3.8, 4) is 0 Å². The fraction of sp³-hybridized carbons (Fsp3) is 0.556. The zero-order valence-corrected chi connectivity index (χ0v) is 16.1. The number of hydrogen-bond donors (Lipinski definition) is 2. The number of thiophene rings is 1. The second kappa shape index (κ2) is 7.57. The van der Waals surface area contributed by atoms with Crippen molar-refractivity contribution in [2.45, 2.75) is 52.6 Å². The Morgan fingerprint density at radius 3 is 2.96 bits per heavy atom. The summed E-state index contributed by atoms with van der Waals surface area (Å²) in [5.74, 6) is -0.00755. The van der Waals surface area contributed by atoms with Gasteiger partial charge < -0.3 is 10.6 Å². The van der Waals surface area contributed by atoms with Gasteiger partial charge in [-0.1, -0.05) is 6.92 Å². The van der Waals surface area contributed by atoms with Crippen molar-refractivity contribution in [3.05, 3.63) is 27.1 Å². The molecule has 0 bridgehead atoms. The third kappa shape index (κ3) is 3.65. The molecule has 7 nitrogen and oxygen atoms in total. The first kappa shape index (κ1) is 18.6. The molecular formula is C18H24N4O3S. The molecule has 2 aromatic rings. The number of rotatable bonds is 5. The number of likely N-dealkylation sites (N-methyl/N-ethyl adjacent to an activating group) is 1. The average Bonchev–Trinajstić information content (AvgIpc) is 2.95. The Morgan fingerprint density at radius 1 is 1.46 bits per heavy atom. The molecule has 1 aliphatic carbocycles. The smallest absolute Gasteiger partial charge is 0.262 e. The summed E-state index contributed by atoms with van der Waals surface area (Å²) in [5, 5.41) is 5.92. The molecule has 0 unspecified atom stereocenters. The van der Waals surface area contributed by atoms with Crippen LogP contribution >= 0.6 is 11.3 Å². The Bertz CT molecular complexity index is 902. The zero-order chi connectivity index (χ0) is 18.8. The molecular weight excluding hydrogens is 352 g/mol. The van der Waals surface area contributed by atoms with Crippen LogP contribution in [0.1, 0.15) is 37.6 Å². The third-order valence-electron chi connectivity index (χ3n) is 4.72. The number of carbonyl (C=O) groups excluding carboxylic acids is 2. The molecule has 2 N–H and O–H groups in total. The molecule has 0 fully saturated rings. The fourth-order valence-corrected chi connectivity index (χ4v) is 4.65. The molecule has 0 aromatic carbocycles. The van der Waals surface area contributed by atoms with Crippen LogP contribution in [-0.2, 0) is 29.0 Å². The van der Waals surface area contributed by atoms with E-state index in [-0.39, 0.29) is 23.9 Å². The second-order valence-corrected chi connectivity index (χ2v) is 7.98. The molecule has 2 aromatic heterocycles. The van der Waals surface area contributed by atoms with E-state index in [2.05, 4.69) is 22.5 Å². The summed E-state index contributed by atoms with van der Waals surface area (Å²) in [5.41, 5.74) is 0.925. The summed E-state index contributed by atoms with van der Waals surface area (Å²) >= 11 is 1.59. The summed E-state index contributed by atoms with van der Waals surface area (Å²) < 4.78 is 1.33. The molecule has 2 amide bonds. The van der Waals surface area contributed by atoms with Gasteiger partial charge in [-0.25, -0.2) is 4.98 Å². The normalized spacial score (nSPS) is 17.6. The van der Waals surface area contributed by atoms with Crippen LogP contribution in [0.5, 0.6) is 0 Å². The average molecular weight is 376 g/mol. The van der Waals surface area contributed by atoms with E-state index in [1.54, 1.807) is 18.3 Å². The summed E-state index contributed by atoms with van der Waals surface area (Å²) in [4.78, 5) is 43.2. The largest absolute Gasteiger partial charge is 0.355 e. The minimum absolute atomic E-state index is 0.146. The lowest BCUT2D eigenvalue weighted by Crippen LogP contribution is -2.46. The quantitative estimate of drug-likeness (QED) is 0.821. The maximum atomic E-state index is 12.9. The molecule has 1 aliphatic rings. The Labute approximate surface area is 155 Å². The van der Waals surface area contributed by atoms with Crippen LogP contribution in [0.4, 0.5) is 0 Å². The second-order valence-electron chi connectivity index (χ2n) is 6.89. The number of carbonyl (C=O) groups is 2. The van der Waals surface area contributed by atoms with E-state index in [0.29, 0.717) is 17.8 Å². The van der Waals surface area contributed by atoms with Crippen molar-refractivity contribution in [2.75, 3.05) is 6.54 Å². The van der Waals surface area contributed by atoms with Crippen molar-refractivity contribution in [1.82, 2.24) is 20.2 Å². The van der Waals surface area contributed by atoms with E-state index in [1.807, 2.05) is 6.92 Å². The van der Waals surface area contributed by atoms with Crippen molar-refractivity contribution < 1.29 is 9.59 Å². The van der Waals surface area contributed by atoms with E-state index in [0.717, 1.165) is 29.7 Å². The Hall–Kier alpha value is -2.22. The number of hydrogen-bond acceptors (Lipinski definition) is 5. The highest BCUT2D eigenvalue weighted by molar-refractivity contribution is 7.18. The topological polar surface area (TPSA) is 93.1 Å². The van der Waals surface area contributed by atoms with E-state index >= 15 is 0 Å².